The lowest BCUT2D eigenvalue weighted by Gasteiger charge is -2.09. The lowest BCUT2D eigenvalue weighted by atomic mass is 10.1. The fourth-order valence-corrected chi connectivity index (χ4v) is 2.51. The van der Waals surface area contributed by atoms with Crippen molar-refractivity contribution in [2.45, 2.75) is 39.0 Å². The van der Waals surface area contributed by atoms with Gasteiger partial charge in [-0.1, -0.05) is 38.7 Å². The smallest absolute Gasteiger partial charge is 0.292 e. The van der Waals surface area contributed by atoms with Crippen LogP contribution in [0.3, 0.4) is 0 Å². The molecule has 1 heterocycles. The molecule has 0 unspecified atom stereocenters. The molecule has 0 bridgehead atoms. The molecule has 0 spiro atoms. The lowest BCUT2D eigenvalue weighted by Crippen LogP contribution is -2.04. The zero-order valence-corrected chi connectivity index (χ0v) is 13.5. The molecule has 0 aliphatic rings. The number of benzene rings is 1. The van der Waals surface area contributed by atoms with Gasteiger partial charge in [-0.25, -0.2) is 0 Å². The highest BCUT2D eigenvalue weighted by Crippen LogP contribution is 2.30. The Morgan fingerprint density at radius 2 is 1.78 bits per heavy atom. The van der Waals surface area contributed by atoms with Gasteiger partial charge in [-0.05, 0) is 35.7 Å². The van der Waals surface area contributed by atoms with Crippen LogP contribution in [0.15, 0.2) is 42.7 Å². The van der Waals surface area contributed by atoms with E-state index in [2.05, 4.69) is 17.2 Å². The highest BCUT2D eigenvalue weighted by atomic mass is 16.6. The van der Waals surface area contributed by atoms with Crippen LogP contribution in [0.25, 0.3) is 11.1 Å². The molecule has 5 nitrogen and oxygen atoms in total. The largest absolute Gasteiger partial charge is 0.379 e. The summed E-state index contributed by atoms with van der Waals surface area (Å²) < 4.78 is 0. The Hall–Kier alpha value is -2.43. The number of hydrogen-bond donors (Lipinski definition) is 1. The first-order valence-corrected chi connectivity index (χ1v) is 8.15. The summed E-state index contributed by atoms with van der Waals surface area (Å²) in [5.41, 5.74) is 2.46. The van der Waals surface area contributed by atoms with Crippen molar-refractivity contribution in [3.8, 4) is 11.1 Å². The second-order valence-electron chi connectivity index (χ2n) is 5.57. The number of aromatic nitrogens is 1. The van der Waals surface area contributed by atoms with Crippen molar-refractivity contribution in [3.63, 3.8) is 0 Å². The van der Waals surface area contributed by atoms with E-state index in [1.165, 1.54) is 19.3 Å². The van der Waals surface area contributed by atoms with Gasteiger partial charge >= 0.3 is 0 Å². The van der Waals surface area contributed by atoms with Crippen LogP contribution >= 0.6 is 0 Å². The fourth-order valence-electron chi connectivity index (χ4n) is 2.51. The molecule has 1 N–H and O–H groups in total. The maximum Gasteiger partial charge on any atom is 0.292 e. The molecule has 1 aromatic heterocycles. The Balaban J connectivity index is 2.04. The molecule has 0 atom stereocenters. The number of pyridine rings is 1. The van der Waals surface area contributed by atoms with Crippen molar-refractivity contribution in [2.75, 3.05) is 11.9 Å². The molecule has 0 saturated heterocycles. The van der Waals surface area contributed by atoms with Gasteiger partial charge in [0.1, 0.15) is 5.69 Å². The van der Waals surface area contributed by atoms with Gasteiger partial charge < -0.3 is 5.32 Å². The second kappa shape index (κ2) is 8.88. The molecule has 1 aromatic carbocycles. The first-order valence-electron chi connectivity index (χ1n) is 8.15. The molecule has 122 valence electrons. The Labute approximate surface area is 136 Å². The minimum atomic E-state index is -0.329. The maximum absolute atomic E-state index is 11.3. The summed E-state index contributed by atoms with van der Waals surface area (Å²) in [5.74, 6) is 0. The molecular formula is C18H23N3O2. The highest BCUT2D eigenvalue weighted by Gasteiger charge is 2.14. The summed E-state index contributed by atoms with van der Waals surface area (Å²) >= 11 is 0. The number of anilines is 1. The SMILES string of the molecule is CCCCCCCNc1ccc(-c2ccncc2)cc1[N+](=O)[O-]. The molecule has 23 heavy (non-hydrogen) atoms. The highest BCUT2D eigenvalue weighted by molar-refractivity contribution is 5.73. The molecule has 0 saturated carbocycles. The third-order valence-electron chi connectivity index (χ3n) is 3.80. The number of nitro groups is 1. The van der Waals surface area contributed by atoms with Gasteiger partial charge in [0.15, 0.2) is 0 Å². The number of nitrogens with one attached hydrogen (secondary N) is 1. The minimum Gasteiger partial charge on any atom is -0.379 e. The molecule has 0 fully saturated rings. The lowest BCUT2D eigenvalue weighted by molar-refractivity contribution is -0.383. The van der Waals surface area contributed by atoms with Crippen molar-refractivity contribution >= 4 is 11.4 Å². The van der Waals surface area contributed by atoms with E-state index in [1.54, 1.807) is 24.5 Å². The van der Waals surface area contributed by atoms with Crippen molar-refractivity contribution in [1.29, 1.82) is 0 Å². The van der Waals surface area contributed by atoms with E-state index < -0.39 is 0 Å². The van der Waals surface area contributed by atoms with Crippen LogP contribution in [0, 0.1) is 10.1 Å². The molecule has 2 aromatic rings. The molecule has 2 rings (SSSR count). The average molecular weight is 313 g/mol. The number of nitro benzene ring substituents is 1. The zero-order valence-electron chi connectivity index (χ0n) is 13.5. The molecule has 5 heteroatoms. The summed E-state index contributed by atoms with van der Waals surface area (Å²) in [6, 6.07) is 9.01. The summed E-state index contributed by atoms with van der Waals surface area (Å²) in [4.78, 5) is 15.0. The molecule has 0 aliphatic carbocycles. The number of nitrogens with zero attached hydrogens (tertiary/aromatic N) is 2. The maximum atomic E-state index is 11.3. The molecule has 0 aliphatic heterocycles. The third-order valence-corrected chi connectivity index (χ3v) is 3.80. The first kappa shape index (κ1) is 16.9. The molecule has 0 radical (unpaired) electrons. The number of rotatable bonds is 9. The zero-order chi connectivity index (χ0) is 16.5. The van der Waals surface area contributed by atoms with E-state index in [0.29, 0.717) is 5.69 Å². The van der Waals surface area contributed by atoms with Gasteiger partial charge in [0.2, 0.25) is 0 Å². The Kier molecular flexibility index (Phi) is 6.54. The van der Waals surface area contributed by atoms with Gasteiger partial charge in [-0.3, -0.25) is 15.1 Å². The predicted molar refractivity (Wildman–Crippen MR) is 93.6 cm³/mol. The monoisotopic (exact) mass is 313 g/mol. The van der Waals surface area contributed by atoms with Crippen LogP contribution in [0.2, 0.25) is 0 Å². The second-order valence-corrected chi connectivity index (χ2v) is 5.57. The van der Waals surface area contributed by atoms with E-state index in [0.717, 1.165) is 30.5 Å². The quantitative estimate of drug-likeness (QED) is 0.400. The standard InChI is InChI=1S/C18H23N3O2/c1-2-3-4-5-6-11-20-17-8-7-16(14-18(17)21(22)23)15-9-12-19-13-10-15/h7-10,12-14,20H,2-6,11H2,1H3. The van der Waals surface area contributed by atoms with Crippen molar-refractivity contribution in [2.24, 2.45) is 0 Å². The van der Waals surface area contributed by atoms with Crippen LogP contribution < -0.4 is 5.32 Å². The Morgan fingerprint density at radius 3 is 2.48 bits per heavy atom. The van der Waals surface area contributed by atoms with Crippen molar-refractivity contribution < 1.29 is 4.92 Å². The fraction of sp³-hybridized carbons (Fsp3) is 0.389. The van der Waals surface area contributed by atoms with E-state index in [1.807, 2.05) is 18.2 Å². The van der Waals surface area contributed by atoms with Crippen LogP contribution in [0.5, 0.6) is 0 Å². The molecule has 0 amide bonds. The third kappa shape index (κ3) is 5.06. The van der Waals surface area contributed by atoms with Gasteiger partial charge in [-0.2, -0.15) is 0 Å². The minimum absolute atomic E-state index is 0.118. The van der Waals surface area contributed by atoms with Gasteiger partial charge in [-0.15, -0.1) is 0 Å². The Morgan fingerprint density at radius 1 is 1.04 bits per heavy atom. The van der Waals surface area contributed by atoms with Crippen LogP contribution in [0.4, 0.5) is 11.4 Å². The van der Waals surface area contributed by atoms with Crippen molar-refractivity contribution in [1.82, 2.24) is 4.98 Å². The summed E-state index contributed by atoms with van der Waals surface area (Å²) in [5, 5.41) is 14.5. The molecular weight excluding hydrogens is 290 g/mol. The van der Waals surface area contributed by atoms with Gasteiger partial charge in [0.05, 0.1) is 4.92 Å². The van der Waals surface area contributed by atoms with Crippen LogP contribution in [0.1, 0.15) is 39.0 Å². The first-order chi connectivity index (χ1) is 11.2. The summed E-state index contributed by atoms with van der Waals surface area (Å²) in [6.07, 6.45) is 9.25. The van der Waals surface area contributed by atoms with E-state index in [9.17, 15) is 10.1 Å². The van der Waals surface area contributed by atoms with Gasteiger partial charge in [0.25, 0.3) is 5.69 Å². The van der Waals surface area contributed by atoms with Crippen LogP contribution in [-0.2, 0) is 0 Å². The number of hydrogen-bond acceptors (Lipinski definition) is 4. The van der Waals surface area contributed by atoms with E-state index >= 15 is 0 Å². The topological polar surface area (TPSA) is 68.1 Å². The summed E-state index contributed by atoms with van der Waals surface area (Å²) in [6.45, 7) is 2.95. The Bertz CT molecular complexity index is 629. The van der Waals surface area contributed by atoms with Crippen molar-refractivity contribution in [3.05, 3.63) is 52.8 Å². The van der Waals surface area contributed by atoms with Crippen LogP contribution in [-0.4, -0.2) is 16.5 Å². The number of unbranched alkanes of at least 4 members (excludes halogenated alkanes) is 4. The summed E-state index contributed by atoms with van der Waals surface area (Å²) in [7, 11) is 0. The predicted octanol–water partition coefficient (Wildman–Crippen LogP) is 5.04. The van der Waals surface area contributed by atoms with E-state index in [4.69, 9.17) is 0 Å². The average Bonchev–Trinajstić information content (AvgIpc) is 2.58. The van der Waals surface area contributed by atoms with E-state index in [-0.39, 0.29) is 10.6 Å². The van der Waals surface area contributed by atoms with Gasteiger partial charge in [0, 0.05) is 25.0 Å². The normalized spacial score (nSPS) is 10.5.